The summed E-state index contributed by atoms with van der Waals surface area (Å²) in [4.78, 5) is 14.6. The molecule has 1 saturated heterocycles. The first-order valence-corrected chi connectivity index (χ1v) is 7.98. The number of nitrogen functional groups attached to an aromatic ring is 1. The normalized spacial score (nSPS) is 16.4. The zero-order valence-corrected chi connectivity index (χ0v) is 12.9. The molecule has 4 heteroatoms. The van der Waals surface area contributed by atoms with Crippen molar-refractivity contribution in [1.82, 2.24) is 4.90 Å². The summed E-state index contributed by atoms with van der Waals surface area (Å²) in [7, 11) is 0. The van der Waals surface area contributed by atoms with E-state index in [1.54, 1.807) is 12.1 Å². The topological polar surface area (TPSA) is 55.6 Å². The Kier molecular flexibility index (Phi) is 6.05. The molecule has 2 rings (SSSR count). The molecule has 0 atom stereocenters. The number of nitrogens with zero attached hydrogens (tertiary/aromatic N) is 1. The SMILES string of the molecule is CCCOc1ccc(C(=O)CN2CCCCCC2)cc1N. The van der Waals surface area contributed by atoms with E-state index >= 15 is 0 Å². The molecule has 1 heterocycles. The summed E-state index contributed by atoms with van der Waals surface area (Å²) in [6.45, 7) is 5.24. The Bertz CT molecular complexity index is 466. The maximum absolute atomic E-state index is 12.4. The van der Waals surface area contributed by atoms with Gasteiger partial charge in [-0.1, -0.05) is 19.8 Å². The summed E-state index contributed by atoms with van der Waals surface area (Å²) in [5.41, 5.74) is 7.19. The quantitative estimate of drug-likeness (QED) is 0.646. The summed E-state index contributed by atoms with van der Waals surface area (Å²) in [6.07, 6.45) is 5.88. The lowest BCUT2D eigenvalue weighted by atomic mass is 10.1. The van der Waals surface area contributed by atoms with Gasteiger partial charge in [0.25, 0.3) is 0 Å². The van der Waals surface area contributed by atoms with Crippen LogP contribution < -0.4 is 10.5 Å². The number of hydrogen-bond donors (Lipinski definition) is 1. The number of Topliss-reactive ketones (excluding diaryl/α,β-unsaturated/α-hetero) is 1. The van der Waals surface area contributed by atoms with E-state index in [-0.39, 0.29) is 5.78 Å². The number of carbonyl (C=O) groups excluding carboxylic acids is 1. The van der Waals surface area contributed by atoms with E-state index in [0.29, 0.717) is 30.2 Å². The number of likely N-dealkylation sites (tertiary alicyclic amines) is 1. The van der Waals surface area contributed by atoms with Gasteiger partial charge >= 0.3 is 0 Å². The average Bonchev–Trinajstić information content (AvgIpc) is 2.74. The molecule has 1 aromatic carbocycles. The van der Waals surface area contributed by atoms with Gasteiger partial charge in [-0.25, -0.2) is 0 Å². The zero-order valence-electron chi connectivity index (χ0n) is 12.9. The van der Waals surface area contributed by atoms with Crippen LogP contribution in [-0.2, 0) is 0 Å². The summed E-state index contributed by atoms with van der Waals surface area (Å²) < 4.78 is 5.54. The van der Waals surface area contributed by atoms with Crippen LogP contribution in [0.2, 0.25) is 0 Å². The van der Waals surface area contributed by atoms with Gasteiger partial charge in [0.15, 0.2) is 5.78 Å². The fraction of sp³-hybridized carbons (Fsp3) is 0.588. The van der Waals surface area contributed by atoms with Crippen LogP contribution in [0.3, 0.4) is 0 Å². The van der Waals surface area contributed by atoms with Gasteiger partial charge in [-0.2, -0.15) is 0 Å². The first kappa shape index (κ1) is 15.8. The Morgan fingerprint density at radius 1 is 1.24 bits per heavy atom. The highest BCUT2D eigenvalue weighted by molar-refractivity contribution is 5.98. The molecule has 1 aliphatic heterocycles. The number of carbonyl (C=O) groups is 1. The number of ether oxygens (including phenoxy) is 1. The Morgan fingerprint density at radius 3 is 2.57 bits per heavy atom. The molecule has 0 unspecified atom stereocenters. The Hall–Kier alpha value is -1.55. The number of benzene rings is 1. The third-order valence-electron chi connectivity index (χ3n) is 3.86. The number of ketones is 1. The Balaban J connectivity index is 1.96. The van der Waals surface area contributed by atoms with Gasteiger partial charge in [0.2, 0.25) is 0 Å². The van der Waals surface area contributed by atoms with Crippen LogP contribution in [0.15, 0.2) is 18.2 Å². The number of anilines is 1. The minimum Gasteiger partial charge on any atom is -0.491 e. The van der Waals surface area contributed by atoms with Crippen LogP contribution in [0.25, 0.3) is 0 Å². The third kappa shape index (κ3) is 4.74. The molecule has 0 bridgehead atoms. The lowest BCUT2D eigenvalue weighted by Gasteiger charge is -2.19. The van der Waals surface area contributed by atoms with E-state index in [1.165, 1.54) is 25.7 Å². The van der Waals surface area contributed by atoms with E-state index in [1.807, 2.05) is 6.07 Å². The molecule has 0 saturated carbocycles. The van der Waals surface area contributed by atoms with Gasteiger partial charge in [-0.05, 0) is 50.6 Å². The van der Waals surface area contributed by atoms with Crippen molar-refractivity contribution in [2.24, 2.45) is 0 Å². The first-order chi connectivity index (χ1) is 10.2. The van der Waals surface area contributed by atoms with Crippen molar-refractivity contribution in [3.8, 4) is 5.75 Å². The maximum Gasteiger partial charge on any atom is 0.176 e. The summed E-state index contributed by atoms with van der Waals surface area (Å²) >= 11 is 0. The van der Waals surface area contributed by atoms with Crippen LogP contribution in [0.1, 0.15) is 49.4 Å². The van der Waals surface area contributed by atoms with Gasteiger partial charge in [0.1, 0.15) is 5.75 Å². The summed E-state index contributed by atoms with van der Waals surface area (Å²) in [5.74, 6) is 0.814. The van der Waals surface area contributed by atoms with E-state index in [4.69, 9.17) is 10.5 Å². The second-order valence-electron chi connectivity index (χ2n) is 5.71. The van der Waals surface area contributed by atoms with Crippen molar-refractivity contribution in [2.45, 2.75) is 39.0 Å². The minimum absolute atomic E-state index is 0.144. The molecule has 2 N–H and O–H groups in total. The Morgan fingerprint density at radius 2 is 1.95 bits per heavy atom. The molecule has 116 valence electrons. The third-order valence-corrected chi connectivity index (χ3v) is 3.86. The van der Waals surface area contributed by atoms with Gasteiger partial charge in [-0.15, -0.1) is 0 Å². The van der Waals surface area contributed by atoms with Gasteiger partial charge in [0, 0.05) is 5.56 Å². The van der Waals surface area contributed by atoms with E-state index < -0.39 is 0 Å². The van der Waals surface area contributed by atoms with Crippen molar-refractivity contribution in [3.63, 3.8) is 0 Å². The fourth-order valence-electron chi connectivity index (χ4n) is 2.65. The highest BCUT2D eigenvalue weighted by atomic mass is 16.5. The largest absolute Gasteiger partial charge is 0.491 e. The predicted octanol–water partition coefficient (Wildman–Crippen LogP) is 3.12. The number of rotatable bonds is 6. The van der Waals surface area contributed by atoms with Gasteiger partial charge in [-0.3, -0.25) is 9.69 Å². The average molecular weight is 290 g/mol. The van der Waals surface area contributed by atoms with Gasteiger partial charge in [0.05, 0.1) is 18.8 Å². The molecule has 0 aliphatic carbocycles. The van der Waals surface area contributed by atoms with Crippen molar-refractivity contribution < 1.29 is 9.53 Å². The van der Waals surface area contributed by atoms with Crippen molar-refractivity contribution in [1.29, 1.82) is 0 Å². The number of hydrogen-bond acceptors (Lipinski definition) is 4. The van der Waals surface area contributed by atoms with E-state index in [2.05, 4.69) is 11.8 Å². The van der Waals surface area contributed by atoms with Crippen LogP contribution in [0.5, 0.6) is 5.75 Å². The molecular weight excluding hydrogens is 264 g/mol. The molecule has 21 heavy (non-hydrogen) atoms. The summed E-state index contributed by atoms with van der Waals surface area (Å²) in [5, 5.41) is 0. The smallest absolute Gasteiger partial charge is 0.176 e. The van der Waals surface area contributed by atoms with Crippen LogP contribution in [0.4, 0.5) is 5.69 Å². The molecule has 4 nitrogen and oxygen atoms in total. The van der Waals surface area contributed by atoms with Crippen molar-refractivity contribution in [2.75, 3.05) is 32.0 Å². The van der Waals surface area contributed by atoms with Crippen molar-refractivity contribution in [3.05, 3.63) is 23.8 Å². The highest BCUT2D eigenvalue weighted by Crippen LogP contribution is 2.23. The zero-order chi connectivity index (χ0) is 15.1. The van der Waals surface area contributed by atoms with Crippen LogP contribution in [0, 0.1) is 0 Å². The lowest BCUT2D eigenvalue weighted by Crippen LogP contribution is -2.30. The monoisotopic (exact) mass is 290 g/mol. The second kappa shape index (κ2) is 8.03. The minimum atomic E-state index is 0.144. The molecule has 1 fully saturated rings. The molecule has 1 aromatic rings. The lowest BCUT2D eigenvalue weighted by molar-refractivity contribution is 0.0933. The highest BCUT2D eigenvalue weighted by Gasteiger charge is 2.15. The van der Waals surface area contributed by atoms with Crippen LogP contribution >= 0.6 is 0 Å². The maximum atomic E-state index is 12.4. The molecule has 0 radical (unpaired) electrons. The number of nitrogens with two attached hydrogens (primary N) is 1. The molecule has 1 aliphatic rings. The Labute approximate surface area is 127 Å². The van der Waals surface area contributed by atoms with Crippen LogP contribution in [-0.4, -0.2) is 36.9 Å². The molecule has 0 aromatic heterocycles. The molecule has 0 amide bonds. The van der Waals surface area contributed by atoms with E-state index in [9.17, 15) is 4.79 Å². The van der Waals surface area contributed by atoms with Crippen molar-refractivity contribution >= 4 is 11.5 Å². The molecule has 0 spiro atoms. The fourth-order valence-corrected chi connectivity index (χ4v) is 2.65. The van der Waals surface area contributed by atoms with Gasteiger partial charge < -0.3 is 10.5 Å². The first-order valence-electron chi connectivity index (χ1n) is 7.98. The predicted molar refractivity (Wildman–Crippen MR) is 85.9 cm³/mol. The second-order valence-corrected chi connectivity index (χ2v) is 5.71. The molecular formula is C17H26N2O2. The summed E-state index contributed by atoms with van der Waals surface area (Å²) in [6, 6.07) is 5.37. The van der Waals surface area contributed by atoms with E-state index in [0.717, 1.165) is 19.5 Å². The standard InChI is InChI=1S/C17H26N2O2/c1-2-11-21-17-8-7-14(12-15(17)18)16(20)13-19-9-5-3-4-6-10-19/h7-8,12H,2-6,9-11,13,18H2,1H3.